The summed E-state index contributed by atoms with van der Waals surface area (Å²) in [7, 11) is 0. The van der Waals surface area contributed by atoms with Crippen LogP contribution in [-0.4, -0.2) is 4.98 Å². The smallest absolute Gasteiger partial charge is 0.126 e. The van der Waals surface area contributed by atoms with Crippen LogP contribution in [0.25, 0.3) is 0 Å². The maximum atomic E-state index is 12.7. The second-order valence-electron chi connectivity index (χ2n) is 3.70. The highest BCUT2D eigenvalue weighted by molar-refractivity contribution is 5.36. The Hall–Kier alpha value is -1.90. The molecule has 0 bridgehead atoms. The van der Waals surface area contributed by atoms with Crippen molar-refractivity contribution in [1.82, 2.24) is 4.98 Å². The summed E-state index contributed by atoms with van der Waals surface area (Å²) >= 11 is 0. The van der Waals surface area contributed by atoms with Crippen LogP contribution in [0, 0.1) is 12.7 Å². The van der Waals surface area contributed by atoms with Crippen LogP contribution < -0.4 is 5.32 Å². The molecule has 1 heterocycles. The van der Waals surface area contributed by atoms with Crippen molar-refractivity contribution < 1.29 is 4.39 Å². The second kappa shape index (κ2) is 4.75. The van der Waals surface area contributed by atoms with Gasteiger partial charge in [-0.25, -0.2) is 9.37 Å². The van der Waals surface area contributed by atoms with Crippen molar-refractivity contribution in [3.63, 3.8) is 0 Å². The van der Waals surface area contributed by atoms with Gasteiger partial charge in [-0.1, -0.05) is 18.2 Å². The fourth-order valence-corrected chi connectivity index (χ4v) is 1.37. The van der Waals surface area contributed by atoms with Crippen LogP contribution in [0.2, 0.25) is 0 Å². The third kappa shape index (κ3) is 2.79. The minimum absolute atomic E-state index is 0.211. The van der Waals surface area contributed by atoms with Crippen molar-refractivity contribution >= 4 is 5.82 Å². The molecule has 0 aliphatic carbocycles. The molecule has 0 aliphatic rings. The monoisotopic (exact) mass is 216 g/mol. The molecular formula is C13H13FN2. The summed E-state index contributed by atoms with van der Waals surface area (Å²) in [4.78, 5) is 4.23. The Bertz CT molecular complexity index is 403. The lowest BCUT2D eigenvalue weighted by Crippen LogP contribution is -2.01. The highest BCUT2D eigenvalue weighted by Gasteiger charge is 1.95. The van der Waals surface area contributed by atoms with E-state index in [1.54, 1.807) is 12.1 Å². The summed E-state index contributed by atoms with van der Waals surface area (Å²) in [5, 5.41) is 3.17. The van der Waals surface area contributed by atoms with E-state index >= 15 is 0 Å². The highest BCUT2D eigenvalue weighted by Crippen LogP contribution is 2.07. The van der Waals surface area contributed by atoms with Gasteiger partial charge >= 0.3 is 0 Å². The quantitative estimate of drug-likeness (QED) is 0.852. The number of aryl methyl sites for hydroxylation is 1. The van der Waals surface area contributed by atoms with E-state index in [9.17, 15) is 4.39 Å². The average Bonchev–Trinajstić information content (AvgIpc) is 2.30. The number of nitrogens with one attached hydrogen (secondary N) is 1. The first-order valence-corrected chi connectivity index (χ1v) is 5.15. The number of hydrogen-bond acceptors (Lipinski definition) is 2. The zero-order chi connectivity index (χ0) is 11.4. The molecule has 0 amide bonds. The molecule has 1 aromatic carbocycles. The van der Waals surface area contributed by atoms with Crippen molar-refractivity contribution in [3.8, 4) is 0 Å². The van der Waals surface area contributed by atoms with Crippen molar-refractivity contribution in [2.45, 2.75) is 13.5 Å². The molecule has 3 heteroatoms. The molecule has 0 fully saturated rings. The normalized spacial score (nSPS) is 10.1. The zero-order valence-corrected chi connectivity index (χ0v) is 9.07. The standard InChI is InChI=1S/C13H13FN2/c1-10-2-7-13(15-8-10)16-9-11-3-5-12(14)6-4-11/h2-8H,9H2,1H3,(H,15,16). The van der Waals surface area contributed by atoms with Crippen LogP contribution in [0.1, 0.15) is 11.1 Å². The van der Waals surface area contributed by atoms with Crippen LogP contribution in [0.3, 0.4) is 0 Å². The molecule has 1 aromatic heterocycles. The summed E-state index contributed by atoms with van der Waals surface area (Å²) in [5.41, 5.74) is 2.16. The fraction of sp³-hybridized carbons (Fsp3) is 0.154. The van der Waals surface area contributed by atoms with Gasteiger partial charge in [0.15, 0.2) is 0 Å². The SMILES string of the molecule is Cc1ccc(NCc2ccc(F)cc2)nc1. The molecular weight excluding hydrogens is 203 g/mol. The third-order valence-electron chi connectivity index (χ3n) is 2.30. The molecule has 0 atom stereocenters. The van der Waals surface area contributed by atoms with Crippen molar-refractivity contribution in [1.29, 1.82) is 0 Å². The molecule has 1 N–H and O–H groups in total. The van der Waals surface area contributed by atoms with E-state index in [1.165, 1.54) is 12.1 Å². The Kier molecular flexibility index (Phi) is 3.15. The first-order valence-electron chi connectivity index (χ1n) is 5.15. The van der Waals surface area contributed by atoms with Gasteiger partial charge < -0.3 is 5.32 Å². The van der Waals surface area contributed by atoms with Crippen molar-refractivity contribution in [2.24, 2.45) is 0 Å². The number of halogens is 1. The van der Waals surface area contributed by atoms with Gasteiger partial charge in [0.1, 0.15) is 11.6 Å². The lowest BCUT2D eigenvalue weighted by molar-refractivity contribution is 0.627. The number of aromatic nitrogens is 1. The van der Waals surface area contributed by atoms with E-state index in [1.807, 2.05) is 25.3 Å². The number of anilines is 1. The van der Waals surface area contributed by atoms with Gasteiger partial charge in [0.2, 0.25) is 0 Å². The van der Waals surface area contributed by atoms with Crippen LogP contribution in [0.15, 0.2) is 42.6 Å². The van der Waals surface area contributed by atoms with E-state index in [2.05, 4.69) is 10.3 Å². The van der Waals surface area contributed by atoms with E-state index in [-0.39, 0.29) is 5.82 Å². The van der Waals surface area contributed by atoms with Crippen LogP contribution in [0.4, 0.5) is 10.2 Å². The maximum Gasteiger partial charge on any atom is 0.126 e. The second-order valence-corrected chi connectivity index (χ2v) is 3.70. The number of benzene rings is 1. The summed E-state index contributed by atoms with van der Waals surface area (Å²) < 4.78 is 12.7. The number of pyridine rings is 1. The van der Waals surface area contributed by atoms with Crippen molar-refractivity contribution in [3.05, 3.63) is 59.5 Å². The molecule has 0 saturated carbocycles. The van der Waals surface area contributed by atoms with Gasteiger partial charge in [-0.05, 0) is 36.2 Å². The van der Waals surface area contributed by atoms with E-state index in [4.69, 9.17) is 0 Å². The molecule has 0 spiro atoms. The van der Waals surface area contributed by atoms with Gasteiger partial charge in [-0.3, -0.25) is 0 Å². The fourth-order valence-electron chi connectivity index (χ4n) is 1.37. The predicted octanol–water partition coefficient (Wildman–Crippen LogP) is 3.14. The molecule has 2 aromatic rings. The Morgan fingerprint density at radius 1 is 1.12 bits per heavy atom. The first kappa shape index (κ1) is 10.6. The van der Waals surface area contributed by atoms with Gasteiger partial charge in [0, 0.05) is 12.7 Å². The Labute approximate surface area is 94.2 Å². The molecule has 2 nitrogen and oxygen atoms in total. The van der Waals surface area contributed by atoms with Gasteiger partial charge in [-0.15, -0.1) is 0 Å². The van der Waals surface area contributed by atoms with Gasteiger partial charge in [0.05, 0.1) is 0 Å². The van der Waals surface area contributed by atoms with Crippen LogP contribution >= 0.6 is 0 Å². The Morgan fingerprint density at radius 2 is 1.88 bits per heavy atom. The lowest BCUT2D eigenvalue weighted by Gasteiger charge is -2.05. The van der Waals surface area contributed by atoms with Crippen LogP contribution in [-0.2, 0) is 6.54 Å². The summed E-state index contributed by atoms with van der Waals surface area (Å²) in [5.74, 6) is 0.618. The summed E-state index contributed by atoms with van der Waals surface area (Å²) in [6.45, 7) is 2.65. The highest BCUT2D eigenvalue weighted by atomic mass is 19.1. The number of rotatable bonds is 3. The summed E-state index contributed by atoms with van der Waals surface area (Å²) in [6.07, 6.45) is 1.81. The zero-order valence-electron chi connectivity index (χ0n) is 9.07. The van der Waals surface area contributed by atoms with Gasteiger partial charge in [-0.2, -0.15) is 0 Å². The van der Waals surface area contributed by atoms with Gasteiger partial charge in [0.25, 0.3) is 0 Å². The van der Waals surface area contributed by atoms with E-state index in [0.29, 0.717) is 6.54 Å². The lowest BCUT2D eigenvalue weighted by atomic mass is 10.2. The largest absolute Gasteiger partial charge is 0.366 e. The minimum Gasteiger partial charge on any atom is -0.366 e. The molecule has 82 valence electrons. The average molecular weight is 216 g/mol. The molecule has 0 radical (unpaired) electrons. The molecule has 0 saturated heterocycles. The third-order valence-corrected chi connectivity index (χ3v) is 2.30. The first-order chi connectivity index (χ1) is 7.74. The molecule has 16 heavy (non-hydrogen) atoms. The summed E-state index contributed by atoms with van der Waals surface area (Å²) in [6, 6.07) is 10.4. The Morgan fingerprint density at radius 3 is 2.50 bits per heavy atom. The molecule has 0 aliphatic heterocycles. The molecule has 0 unspecified atom stereocenters. The van der Waals surface area contributed by atoms with E-state index in [0.717, 1.165) is 16.9 Å². The maximum absolute atomic E-state index is 12.7. The topological polar surface area (TPSA) is 24.9 Å². The molecule has 2 rings (SSSR count). The van der Waals surface area contributed by atoms with Crippen LogP contribution in [0.5, 0.6) is 0 Å². The predicted molar refractivity (Wildman–Crippen MR) is 62.7 cm³/mol. The van der Waals surface area contributed by atoms with E-state index < -0.39 is 0 Å². The Balaban J connectivity index is 1.97. The van der Waals surface area contributed by atoms with Crippen molar-refractivity contribution in [2.75, 3.05) is 5.32 Å². The number of nitrogens with zero attached hydrogens (tertiary/aromatic N) is 1. The minimum atomic E-state index is -0.211. The number of hydrogen-bond donors (Lipinski definition) is 1.